The van der Waals surface area contributed by atoms with Crippen LogP contribution in [0.5, 0.6) is 0 Å². The zero-order valence-electron chi connectivity index (χ0n) is 14.1. The minimum atomic E-state index is -0.0690. The lowest BCUT2D eigenvalue weighted by molar-refractivity contribution is 0.0920. The van der Waals surface area contributed by atoms with Crippen molar-refractivity contribution in [3.8, 4) is 16.3 Å². The van der Waals surface area contributed by atoms with E-state index in [1.807, 2.05) is 46.6 Å². The fourth-order valence-electron chi connectivity index (χ4n) is 3.92. The van der Waals surface area contributed by atoms with E-state index in [9.17, 15) is 4.79 Å². The van der Waals surface area contributed by atoms with E-state index >= 15 is 0 Å². The average molecular weight is 365 g/mol. The van der Waals surface area contributed by atoms with Crippen molar-refractivity contribution in [2.45, 2.75) is 24.9 Å². The van der Waals surface area contributed by atoms with Crippen LogP contribution in [0, 0.1) is 5.92 Å². The lowest BCUT2D eigenvalue weighted by atomic mass is 10.0. The predicted octanol–water partition coefficient (Wildman–Crippen LogP) is 2.48. The number of piperidine rings is 1. The van der Waals surface area contributed by atoms with Crippen LogP contribution in [0.1, 0.15) is 23.3 Å². The van der Waals surface area contributed by atoms with E-state index in [2.05, 4.69) is 20.7 Å². The van der Waals surface area contributed by atoms with Crippen molar-refractivity contribution >= 4 is 17.2 Å². The van der Waals surface area contributed by atoms with Gasteiger partial charge in [0.15, 0.2) is 0 Å². The number of nitrogens with one attached hydrogen (secondary N) is 2. The van der Waals surface area contributed by atoms with Crippen molar-refractivity contribution in [3.05, 3.63) is 53.8 Å². The topological polar surface area (TPSA) is 71.8 Å². The van der Waals surface area contributed by atoms with Crippen molar-refractivity contribution in [2.75, 3.05) is 6.54 Å². The SMILES string of the molecule is O=C(NC1C[C@@H]2C[C@H]1CN2)c1csc(-c2cnn(-c3ccccc3)c2)n1. The molecule has 3 atom stereocenters. The number of hydrogen-bond donors (Lipinski definition) is 2. The summed E-state index contributed by atoms with van der Waals surface area (Å²) in [5.41, 5.74) is 2.41. The van der Waals surface area contributed by atoms with Gasteiger partial charge in [0.05, 0.1) is 11.9 Å². The maximum atomic E-state index is 12.5. The predicted molar refractivity (Wildman–Crippen MR) is 100 cm³/mol. The number of rotatable bonds is 4. The number of carbonyl (C=O) groups excluding carboxylic acids is 1. The number of benzene rings is 1. The molecule has 3 heterocycles. The third-order valence-corrected chi connectivity index (χ3v) is 6.16. The molecule has 1 unspecified atom stereocenters. The van der Waals surface area contributed by atoms with Gasteiger partial charge in [-0.25, -0.2) is 9.67 Å². The second-order valence-electron chi connectivity index (χ2n) is 6.96. The molecule has 2 fully saturated rings. The summed E-state index contributed by atoms with van der Waals surface area (Å²) in [6.07, 6.45) is 5.93. The van der Waals surface area contributed by atoms with Gasteiger partial charge in [-0.15, -0.1) is 11.3 Å². The third kappa shape index (κ3) is 2.83. The molecule has 1 aliphatic carbocycles. The van der Waals surface area contributed by atoms with Crippen molar-refractivity contribution in [1.29, 1.82) is 0 Å². The van der Waals surface area contributed by atoms with Crippen LogP contribution in [0.25, 0.3) is 16.3 Å². The van der Waals surface area contributed by atoms with Crippen LogP contribution >= 0.6 is 11.3 Å². The highest BCUT2D eigenvalue weighted by atomic mass is 32.1. The summed E-state index contributed by atoms with van der Waals surface area (Å²) in [6.45, 7) is 1.01. The molecule has 2 aromatic heterocycles. The van der Waals surface area contributed by atoms with Gasteiger partial charge in [0, 0.05) is 35.8 Å². The summed E-state index contributed by atoms with van der Waals surface area (Å²) >= 11 is 1.48. The Kier molecular flexibility index (Phi) is 3.83. The molecule has 1 saturated heterocycles. The summed E-state index contributed by atoms with van der Waals surface area (Å²) in [7, 11) is 0. The molecule has 0 radical (unpaired) electrons. The Balaban J connectivity index is 1.31. The average Bonchev–Trinajstić information content (AvgIpc) is 3.45. The molecule has 7 heteroatoms. The number of carbonyl (C=O) groups is 1. The highest BCUT2D eigenvalue weighted by Gasteiger charge is 2.40. The third-order valence-electron chi connectivity index (χ3n) is 5.27. The second kappa shape index (κ2) is 6.34. The lowest BCUT2D eigenvalue weighted by Gasteiger charge is -2.23. The number of amides is 1. The van der Waals surface area contributed by atoms with Gasteiger partial charge in [-0.2, -0.15) is 5.10 Å². The Bertz CT molecular complexity index is 934. The van der Waals surface area contributed by atoms with Crippen LogP contribution in [0.4, 0.5) is 0 Å². The minimum Gasteiger partial charge on any atom is -0.348 e. The zero-order valence-corrected chi connectivity index (χ0v) is 14.9. The maximum Gasteiger partial charge on any atom is 0.271 e. The number of hydrogen-bond acceptors (Lipinski definition) is 5. The number of para-hydroxylation sites is 1. The van der Waals surface area contributed by atoms with Gasteiger partial charge in [-0.3, -0.25) is 4.79 Å². The van der Waals surface area contributed by atoms with Crippen LogP contribution in [0.3, 0.4) is 0 Å². The standard InChI is InChI=1S/C19H19N5OS/c25-18(22-16-7-14-6-12(16)8-20-14)17-11-26-19(23-17)13-9-21-24(10-13)15-4-2-1-3-5-15/h1-5,9-12,14,16,20H,6-8H2,(H,22,25)/t12-,14-,16?/m0/s1. The fraction of sp³-hybridized carbons (Fsp3) is 0.316. The lowest BCUT2D eigenvalue weighted by Crippen LogP contribution is -2.44. The minimum absolute atomic E-state index is 0.0690. The van der Waals surface area contributed by atoms with E-state index in [1.54, 1.807) is 6.20 Å². The van der Waals surface area contributed by atoms with Crippen LogP contribution < -0.4 is 10.6 Å². The molecule has 3 aromatic rings. The van der Waals surface area contributed by atoms with Crippen molar-refractivity contribution < 1.29 is 4.79 Å². The molecular formula is C19H19N5OS. The first-order chi connectivity index (χ1) is 12.8. The van der Waals surface area contributed by atoms with Crippen LogP contribution in [-0.2, 0) is 0 Å². The molecule has 1 saturated carbocycles. The number of aromatic nitrogens is 3. The number of nitrogens with zero attached hydrogens (tertiary/aromatic N) is 3. The van der Waals surface area contributed by atoms with Gasteiger partial charge >= 0.3 is 0 Å². The Labute approximate surface area is 155 Å². The van der Waals surface area contributed by atoms with E-state index < -0.39 is 0 Å². The van der Waals surface area contributed by atoms with Crippen molar-refractivity contribution in [3.63, 3.8) is 0 Å². The molecule has 6 nitrogen and oxygen atoms in total. The molecule has 1 amide bonds. The Morgan fingerprint density at radius 1 is 1.27 bits per heavy atom. The number of fused-ring (bicyclic) bond motifs is 2. The summed E-state index contributed by atoms with van der Waals surface area (Å²) in [5.74, 6) is 0.492. The second-order valence-corrected chi connectivity index (χ2v) is 7.82. The summed E-state index contributed by atoms with van der Waals surface area (Å²) in [6, 6.07) is 10.8. The van der Waals surface area contributed by atoms with E-state index in [4.69, 9.17) is 0 Å². The molecule has 132 valence electrons. The normalized spacial score (nSPS) is 24.1. The molecule has 0 spiro atoms. The first kappa shape index (κ1) is 15.7. The summed E-state index contributed by atoms with van der Waals surface area (Å²) in [5, 5.41) is 13.7. The van der Waals surface area contributed by atoms with E-state index in [0.717, 1.165) is 29.2 Å². The van der Waals surface area contributed by atoms with Crippen LogP contribution in [0.15, 0.2) is 48.1 Å². The van der Waals surface area contributed by atoms with Gasteiger partial charge in [0.2, 0.25) is 0 Å². The molecule has 5 rings (SSSR count). The van der Waals surface area contributed by atoms with E-state index in [-0.39, 0.29) is 11.9 Å². The zero-order chi connectivity index (χ0) is 17.5. The van der Waals surface area contributed by atoms with E-state index in [1.165, 1.54) is 17.8 Å². The molecule has 2 N–H and O–H groups in total. The van der Waals surface area contributed by atoms with Gasteiger partial charge in [-0.05, 0) is 30.9 Å². The molecular weight excluding hydrogens is 346 g/mol. The van der Waals surface area contributed by atoms with Crippen molar-refractivity contribution in [2.24, 2.45) is 5.92 Å². The molecule has 1 aliphatic heterocycles. The Morgan fingerprint density at radius 2 is 2.15 bits per heavy atom. The van der Waals surface area contributed by atoms with Crippen LogP contribution in [-0.4, -0.2) is 39.3 Å². The van der Waals surface area contributed by atoms with Crippen LogP contribution in [0.2, 0.25) is 0 Å². The van der Waals surface area contributed by atoms with Gasteiger partial charge in [-0.1, -0.05) is 18.2 Å². The van der Waals surface area contributed by atoms with Crippen molar-refractivity contribution in [1.82, 2.24) is 25.4 Å². The maximum absolute atomic E-state index is 12.5. The molecule has 26 heavy (non-hydrogen) atoms. The first-order valence-corrected chi connectivity index (χ1v) is 9.74. The Hall–Kier alpha value is -2.51. The smallest absolute Gasteiger partial charge is 0.271 e. The first-order valence-electron chi connectivity index (χ1n) is 8.86. The van der Waals surface area contributed by atoms with Gasteiger partial charge < -0.3 is 10.6 Å². The number of thiazole rings is 1. The summed E-state index contributed by atoms with van der Waals surface area (Å²) < 4.78 is 1.82. The monoisotopic (exact) mass is 365 g/mol. The largest absolute Gasteiger partial charge is 0.348 e. The molecule has 1 aromatic carbocycles. The quantitative estimate of drug-likeness (QED) is 0.745. The van der Waals surface area contributed by atoms with Gasteiger partial charge in [0.25, 0.3) is 5.91 Å². The molecule has 2 bridgehead atoms. The summed E-state index contributed by atoms with van der Waals surface area (Å²) in [4.78, 5) is 17.1. The molecule has 2 aliphatic rings. The fourth-order valence-corrected chi connectivity index (χ4v) is 4.70. The highest BCUT2D eigenvalue weighted by molar-refractivity contribution is 7.13. The van der Waals surface area contributed by atoms with Gasteiger partial charge in [0.1, 0.15) is 10.7 Å². The Morgan fingerprint density at radius 3 is 2.92 bits per heavy atom. The van der Waals surface area contributed by atoms with E-state index in [0.29, 0.717) is 17.7 Å². The highest BCUT2D eigenvalue weighted by Crippen LogP contribution is 2.31.